The van der Waals surface area contributed by atoms with Crippen LogP contribution in [0.15, 0.2) is 0 Å². The molecule has 0 radical (unpaired) electrons. The Balaban J connectivity index is 2.29. The fourth-order valence-corrected chi connectivity index (χ4v) is 1.48. The van der Waals surface area contributed by atoms with Crippen LogP contribution in [-0.2, 0) is 0 Å². The van der Waals surface area contributed by atoms with Crippen molar-refractivity contribution >= 4 is 6.09 Å². The van der Waals surface area contributed by atoms with Crippen LogP contribution in [0.4, 0.5) is 4.79 Å². The van der Waals surface area contributed by atoms with Gasteiger partial charge in [0.2, 0.25) is 0 Å². The van der Waals surface area contributed by atoms with Crippen LogP contribution in [-0.4, -0.2) is 35.7 Å². The molecule has 1 aliphatic heterocycles. The first kappa shape index (κ1) is 8.33. The minimum atomic E-state index is -0.801. The number of carboxylic acid groups (broad SMARTS) is 1. The summed E-state index contributed by atoms with van der Waals surface area (Å²) in [7, 11) is 0. The van der Waals surface area contributed by atoms with Crippen LogP contribution in [0.5, 0.6) is 0 Å². The highest BCUT2D eigenvalue weighted by Gasteiger charge is 2.24. The molecule has 0 aromatic carbocycles. The summed E-state index contributed by atoms with van der Waals surface area (Å²) >= 11 is 0. The van der Waals surface area contributed by atoms with Crippen molar-refractivity contribution in [3.8, 4) is 0 Å². The summed E-state index contributed by atoms with van der Waals surface area (Å²) in [5.41, 5.74) is 5.36. The van der Waals surface area contributed by atoms with Gasteiger partial charge in [-0.1, -0.05) is 0 Å². The molecule has 1 rings (SSSR count). The van der Waals surface area contributed by atoms with Gasteiger partial charge in [0, 0.05) is 13.1 Å². The Morgan fingerprint density at radius 1 is 1.73 bits per heavy atom. The molecular weight excluding hydrogens is 144 g/mol. The van der Waals surface area contributed by atoms with Crippen molar-refractivity contribution in [3.05, 3.63) is 0 Å². The van der Waals surface area contributed by atoms with Gasteiger partial charge in [0.25, 0.3) is 0 Å². The molecule has 4 nitrogen and oxygen atoms in total. The molecule has 1 saturated heterocycles. The van der Waals surface area contributed by atoms with Crippen LogP contribution in [0.25, 0.3) is 0 Å². The van der Waals surface area contributed by atoms with Gasteiger partial charge in [-0.2, -0.15) is 0 Å². The van der Waals surface area contributed by atoms with Crippen molar-refractivity contribution in [2.45, 2.75) is 12.8 Å². The van der Waals surface area contributed by atoms with E-state index in [2.05, 4.69) is 0 Å². The number of nitrogens with two attached hydrogens (primary N) is 1. The van der Waals surface area contributed by atoms with Gasteiger partial charge in [-0.05, 0) is 25.3 Å². The Bertz CT molecular complexity index is 149. The molecule has 0 saturated carbocycles. The van der Waals surface area contributed by atoms with E-state index in [-0.39, 0.29) is 0 Å². The van der Waals surface area contributed by atoms with Crippen LogP contribution in [0.3, 0.4) is 0 Å². The standard InChI is InChI=1S/C7H14N2O2/c8-3-1-6-2-4-9(5-6)7(10)11/h6H,1-5,8H2,(H,10,11)/t6-/m0/s1. The average Bonchev–Trinajstić information content (AvgIpc) is 2.37. The second-order valence-electron chi connectivity index (χ2n) is 2.96. The molecule has 0 aliphatic carbocycles. The molecule has 4 heteroatoms. The highest BCUT2D eigenvalue weighted by Crippen LogP contribution is 2.18. The highest BCUT2D eigenvalue weighted by atomic mass is 16.4. The Hall–Kier alpha value is -0.770. The van der Waals surface area contributed by atoms with Crippen molar-refractivity contribution < 1.29 is 9.90 Å². The summed E-state index contributed by atoms with van der Waals surface area (Å²) in [5, 5.41) is 8.59. The lowest BCUT2D eigenvalue weighted by atomic mass is 10.1. The number of rotatable bonds is 2. The third kappa shape index (κ3) is 2.08. The molecule has 64 valence electrons. The predicted octanol–water partition coefficient (Wildman–Crippen LogP) is 0.335. The summed E-state index contributed by atoms with van der Waals surface area (Å²) in [4.78, 5) is 11.9. The van der Waals surface area contributed by atoms with Crippen molar-refractivity contribution in [1.29, 1.82) is 0 Å². The zero-order chi connectivity index (χ0) is 8.27. The van der Waals surface area contributed by atoms with E-state index in [0.29, 0.717) is 25.6 Å². The Labute approximate surface area is 66.0 Å². The van der Waals surface area contributed by atoms with E-state index in [1.165, 1.54) is 4.90 Å². The van der Waals surface area contributed by atoms with Crippen LogP contribution in [0.2, 0.25) is 0 Å². The van der Waals surface area contributed by atoms with E-state index in [1.807, 2.05) is 0 Å². The molecule has 1 atom stereocenters. The van der Waals surface area contributed by atoms with E-state index in [1.54, 1.807) is 0 Å². The van der Waals surface area contributed by atoms with Crippen molar-refractivity contribution in [3.63, 3.8) is 0 Å². The SMILES string of the molecule is NCC[C@H]1CCN(C(=O)O)C1. The van der Waals surface area contributed by atoms with Crippen molar-refractivity contribution in [1.82, 2.24) is 4.90 Å². The van der Waals surface area contributed by atoms with E-state index in [4.69, 9.17) is 10.8 Å². The zero-order valence-electron chi connectivity index (χ0n) is 6.49. The largest absolute Gasteiger partial charge is 0.465 e. The van der Waals surface area contributed by atoms with Crippen LogP contribution >= 0.6 is 0 Å². The molecule has 0 spiro atoms. The van der Waals surface area contributed by atoms with Crippen LogP contribution < -0.4 is 5.73 Å². The van der Waals surface area contributed by atoms with Crippen LogP contribution in [0.1, 0.15) is 12.8 Å². The van der Waals surface area contributed by atoms with Gasteiger partial charge in [-0.25, -0.2) is 4.79 Å². The molecule has 1 aliphatic rings. The van der Waals surface area contributed by atoms with Gasteiger partial charge >= 0.3 is 6.09 Å². The zero-order valence-corrected chi connectivity index (χ0v) is 6.49. The van der Waals surface area contributed by atoms with E-state index < -0.39 is 6.09 Å². The summed E-state index contributed by atoms with van der Waals surface area (Å²) in [6.45, 7) is 2.02. The topological polar surface area (TPSA) is 66.6 Å². The van der Waals surface area contributed by atoms with E-state index in [0.717, 1.165) is 12.8 Å². The van der Waals surface area contributed by atoms with Gasteiger partial charge in [0.15, 0.2) is 0 Å². The second kappa shape index (κ2) is 3.57. The second-order valence-corrected chi connectivity index (χ2v) is 2.96. The van der Waals surface area contributed by atoms with Gasteiger partial charge < -0.3 is 15.7 Å². The summed E-state index contributed by atoms with van der Waals surface area (Å²) in [6.07, 6.45) is 1.12. The van der Waals surface area contributed by atoms with E-state index >= 15 is 0 Å². The minimum Gasteiger partial charge on any atom is -0.465 e. The summed E-state index contributed by atoms with van der Waals surface area (Å²) in [6, 6.07) is 0. The smallest absolute Gasteiger partial charge is 0.407 e. The molecule has 1 heterocycles. The van der Waals surface area contributed by atoms with Gasteiger partial charge in [0.1, 0.15) is 0 Å². The first-order valence-electron chi connectivity index (χ1n) is 3.92. The predicted molar refractivity (Wildman–Crippen MR) is 41.4 cm³/mol. The molecule has 0 aromatic rings. The maximum Gasteiger partial charge on any atom is 0.407 e. The number of nitrogens with zero attached hydrogens (tertiary/aromatic N) is 1. The molecule has 0 unspecified atom stereocenters. The lowest BCUT2D eigenvalue weighted by Gasteiger charge is -2.10. The number of carbonyl (C=O) groups is 1. The normalized spacial score (nSPS) is 24.1. The van der Waals surface area contributed by atoms with Crippen molar-refractivity contribution in [2.75, 3.05) is 19.6 Å². The minimum absolute atomic E-state index is 0.496. The maximum atomic E-state index is 10.4. The molecule has 3 N–H and O–H groups in total. The number of likely N-dealkylation sites (tertiary alicyclic amines) is 1. The maximum absolute atomic E-state index is 10.4. The van der Waals surface area contributed by atoms with Gasteiger partial charge in [-0.15, -0.1) is 0 Å². The summed E-state index contributed by atoms with van der Waals surface area (Å²) < 4.78 is 0. The fraction of sp³-hybridized carbons (Fsp3) is 0.857. The first-order chi connectivity index (χ1) is 5.24. The third-order valence-electron chi connectivity index (χ3n) is 2.13. The van der Waals surface area contributed by atoms with Crippen LogP contribution in [0, 0.1) is 5.92 Å². The van der Waals surface area contributed by atoms with Gasteiger partial charge in [0.05, 0.1) is 0 Å². The number of amides is 1. The molecule has 1 fully saturated rings. The van der Waals surface area contributed by atoms with Crippen molar-refractivity contribution in [2.24, 2.45) is 11.7 Å². The third-order valence-corrected chi connectivity index (χ3v) is 2.13. The quantitative estimate of drug-likeness (QED) is 0.608. The molecule has 0 bridgehead atoms. The number of hydrogen-bond donors (Lipinski definition) is 2. The molecule has 0 aromatic heterocycles. The van der Waals surface area contributed by atoms with E-state index in [9.17, 15) is 4.79 Å². The Morgan fingerprint density at radius 2 is 2.45 bits per heavy atom. The highest BCUT2D eigenvalue weighted by molar-refractivity contribution is 5.65. The summed E-state index contributed by atoms with van der Waals surface area (Å²) in [5.74, 6) is 0.496. The lowest BCUT2D eigenvalue weighted by molar-refractivity contribution is 0.154. The fourth-order valence-electron chi connectivity index (χ4n) is 1.48. The Kier molecular flexibility index (Phi) is 2.70. The average molecular weight is 158 g/mol. The van der Waals surface area contributed by atoms with Gasteiger partial charge in [-0.3, -0.25) is 0 Å². The first-order valence-corrected chi connectivity index (χ1v) is 3.92. The number of hydrogen-bond acceptors (Lipinski definition) is 2. The molecule has 11 heavy (non-hydrogen) atoms. The monoisotopic (exact) mass is 158 g/mol. The Morgan fingerprint density at radius 3 is 2.91 bits per heavy atom. The lowest BCUT2D eigenvalue weighted by Crippen LogP contribution is -2.26. The molecule has 1 amide bonds. The molecular formula is C7H14N2O2.